The summed E-state index contributed by atoms with van der Waals surface area (Å²) in [7, 11) is 3.54. The third-order valence-corrected chi connectivity index (χ3v) is 4.99. The van der Waals surface area contributed by atoms with Crippen molar-refractivity contribution in [1.29, 1.82) is 0 Å². The Kier molecular flexibility index (Phi) is 6.74. The van der Waals surface area contributed by atoms with Crippen molar-refractivity contribution in [3.63, 3.8) is 0 Å². The highest BCUT2D eigenvalue weighted by Crippen LogP contribution is 2.19. The number of hydrogen-bond acceptors (Lipinski definition) is 4. The fourth-order valence-corrected chi connectivity index (χ4v) is 3.41. The number of nitrogens with zero attached hydrogens (tertiary/aromatic N) is 5. The molecule has 0 aliphatic carbocycles. The molecule has 1 fully saturated rings. The number of anilines is 1. The number of aromatic nitrogens is 2. The van der Waals surface area contributed by atoms with Crippen LogP contribution in [0.5, 0.6) is 5.75 Å². The number of amides is 1. The number of carbonyl (C=O) groups excluding carboxylic acids is 1. The van der Waals surface area contributed by atoms with E-state index in [4.69, 9.17) is 9.73 Å². The molecule has 0 radical (unpaired) electrons. The normalized spacial score (nSPS) is 15.0. The maximum Gasteiger partial charge on any atom is 0.246 e. The second kappa shape index (κ2) is 9.45. The summed E-state index contributed by atoms with van der Waals surface area (Å²) in [5, 5.41) is 7.47. The predicted octanol–water partition coefficient (Wildman–Crippen LogP) is 1.59. The Morgan fingerprint density at radius 3 is 2.83 bits per heavy atom. The van der Waals surface area contributed by atoms with Crippen molar-refractivity contribution in [1.82, 2.24) is 20.0 Å². The highest BCUT2D eigenvalue weighted by atomic mass is 16.5. The molecule has 0 bridgehead atoms. The minimum atomic E-state index is 0.0538. The fourth-order valence-electron chi connectivity index (χ4n) is 3.41. The number of guanidine groups is 1. The van der Waals surface area contributed by atoms with E-state index < -0.39 is 0 Å². The van der Waals surface area contributed by atoms with Crippen LogP contribution in [0.2, 0.25) is 0 Å². The lowest BCUT2D eigenvalue weighted by molar-refractivity contribution is -0.120. The van der Waals surface area contributed by atoms with Gasteiger partial charge in [0.25, 0.3) is 0 Å². The van der Waals surface area contributed by atoms with Crippen LogP contribution in [-0.2, 0) is 18.3 Å². The maximum absolute atomic E-state index is 12.7. The zero-order valence-electron chi connectivity index (χ0n) is 17.7. The SMILES string of the molecule is CCNC(=NCCc1ccc(C)c(OC)c1)N1CCN(c2cnn(C)c2)C(=O)C1. The Bertz CT molecular complexity index is 876. The first kappa shape index (κ1) is 20.7. The minimum absolute atomic E-state index is 0.0538. The Hall–Kier alpha value is -3.03. The number of methoxy groups -OCH3 is 1. The van der Waals surface area contributed by atoms with Crippen molar-refractivity contribution in [2.75, 3.05) is 44.7 Å². The van der Waals surface area contributed by atoms with E-state index in [1.165, 1.54) is 5.56 Å². The largest absolute Gasteiger partial charge is 0.496 e. The smallest absolute Gasteiger partial charge is 0.246 e. The van der Waals surface area contributed by atoms with Gasteiger partial charge in [-0.15, -0.1) is 0 Å². The lowest BCUT2D eigenvalue weighted by atomic mass is 10.1. The molecule has 0 saturated carbocycles. The fraction of sp³-hybridized carbons (Fsp3) is 0.476. The molecule has 1 N–H and O–H groups in total. The standard InChI is InChI=1S/C21H30N6O2/c1-5-22-21(23-9-8-17-7-6-16(2)19(12-17)29-4)26-10-11-27(20(28)15-26)18-13-24-25(3)14-18/h6-7,12-14H,5,8-11,15H2,1-4H3,(H,22,23). The molecule has 1 aliphatic heterocycles. The van der Waals surface area contributed by atoms with Gasteiger partial charge in [-0.2, -0.15) is 5.10 Å². The Morgan fingerprint density at radius 1 is 1.34 bits per heavy atom. The van der Waals surface area contributed by atoms with E-state index in [0.717, 1.165) is 42.5 Å². The van der Waals surface area contributed by atoms with E-state index >= 15 is 0 Å². The molecule has 8 heteroatoms. The molecule has 0 spiro atoms. The van der Waals surface area contributed by atoms with Gasteiger partial charge in [-0.25, -0.2) is 0 Å². The van der Waals surface area contributed by atoms with Gasteiger partial charge in [0, 0.05) is 39.4 Å². The quantitative estimate of drug-likeness (QED) is 0.591. The summed E-state index contributed by atoms with van der Waals surface area (Å²) in [5.74, 6) is 1.74. The third kappa shape index (κ3) is 5.07. The van der Waals surface area contributed by atoms with Crippen molar-refractivity contribution < 1.29 is 9.53 Å². The summed E-state index contributed by atoms with van der Waals surface area (Å²) in [5.41, 5.74) is 3.15. The number of rotatable bonds is 6. The summed E-state index contributed by atoms with van der Waals surface area (Å²) in [4.78, 5) is 21.2. The van der Waals surface area contributed by atoms with Gasteiger partial charge < -0.3 is 19.9 Å². The van der Waals surface area contributed by atoms with Crippen molar-refractivity contribution in [2.24, 2.45) is 12.0 Å². The average Bonchev–Trinajstić information content (AvgIpc) is 3.14. The molecule has 1 aromatic carbocycles. The highest BCUT2D eigenvalue weighted by Gasteiger charge is 2.27. The van der Waals surface area contributed by atoms with Gasteiger partial charge in [0.05, 0.1) is 19.0 Å². The van der Waals surface area contributed by atoms with E-state index in [2.05, 4.69) is 28.6 Å². The lowest BCUT2D eigenvalue weighted by Gasteiger charge is -2.35. The summed E-state index contributed by atoms with van der Waals surface area (Å²) in [6.07, 6.45) is 4.40. The van der Waals surface area contributed by atoms with Crippen LogP contribution in [0.25, 0.3) is 0 Å². The maximum atomic E-state index is 12.7. The van der Waals surface area contributed by atoms with Gasteiger partial charge in [-0.3, -0.25) is 14.5 Å². The second-order valence-corrected chi connectivity index (χ2v) is 7.13. The molecule has 1 aromatic heterocycles. The number of carbonyl (C=O) groups is 1. The van der Waals surface area contributed by atoms with Crippen LogP contribution in [0.15, 0.2) is 35.6 Å². The highest BCUT2D eigenvalue weighted by molar-refractivity contribution is 5.98. The predicted molar refractivity (Wildman–Crippen MR) is 115 cm³/mol. The molecular formula is C21H30N6O2. The third-order valence-electron chi connectivity index (χ3n) is 4.99. The number of aliphatic imine (C=N–C) groups is 1. The van der Waals surface area contributed by atoms with Gasteiger partial charge in [-0.05, 0) is 37.5 Å². The van der Waals surface area contributed by atoms with Crippen molar-refractivity contribution >= 4 is 17.6 Å². The number of benzene rings is 1. The molecule has 2 aromatic rings. The van der Waals surface area contributed by atoms with Gasteiger partial charge in [0.15, 0.2) is 5.96 Å². The molecule has 0 unspecified atom stereocenters. The monoisotopic (exact) mass is 398 g/mol. The van der Waals surface area contributed by atoms with Crippen molar-refractivity contribution in [2.45, 2.75) is 20.3 Å². The van der Waals surface area contributed by atoms with Crippen molar-refractivity contribution in [3.8, 4) is 5.75 Å². The van der Waals surface area contributed by atoms with Crippen LogP contribution in [0.1, 0.15) is 18.1 Å². The lowest BCUT2D eigenvalue weighted by Crippen LogP contribution is -2.55. The van der Waals surface area contributed by atoms with Crippen LogP contribution in [0.3, 0.4) is 0 Å². The summed E-state index contributed by atoms with van der Waals surface area (Å²) >= 11 is 0. The average molecular weight is 399 g/mol. The summed E-state index contributed by atoms with van der Waals surface area (Å²) in [6.45, 7) is 7.12. The first-order chi connectivity index (χ1) is 14.0. The van der Waals surface area contributed by atoms with Gasteiger partial charge in [0.1, 0.15) is 12.3 Å². The number of hydrogen-bond donors (Lipinski definition) is 1. The van der Waals surface area contributed by atoms with Gasteiger partial charge in [-0.1, -0.05) is 12.1 Å². The molecule has 1 aliphatic rings. The zero-order valence-corrected chi connectivity index (χ0v) is 17.7. The van der Waals surface area contributed by atoms with Crippen LogP contribution in [-0.4, -0.2) is 66.4 Å². The summed E-state index contributed by atoms with van der Waals surface area (Å²) < 4.78 is 7.11. The Morgan fingerprint density at radius 2 is 2.17 bits per heavy atom. The Balaban J connectivity index is 1.62. The van der Waals surface area contributed by atoms with E-state index in [0.29, 0.717) is 19.6 Å². The molecule has 3 rings (SSSR count). The second-order valence-electron chi connectivity index (χ2n) is 7.13. The van der Waals surface area contributed by atoms with Crippen LogP contribution >= 0.6 is 0 Å². The van der Waals surface area contributed by atoms with Gasteiger partial charge in [0.2, 0.25) is 5.91 Å². The molecule has 1 saturated heterocycles. The number of aryl methyl sites for hydroxylation is 2. The van der Waals surface area contributed by atoms with Crippen molar-refractivity contribution in [3.05, 3.63) is 41.7 Å². The summed E-state index contributed by atoms with van der Waals surface area (Å²) in [6, 6.07) is 6.24. The first-order valence-corrected chi connectivity index (χ1v) is 9.97. The topological polar surface area (TPSA) is 75.0 Å². The number of nitrogens with one attached hydrogen (secondary N) is 1. The first-order valence-electron chi connectivity index (χ1n) is 9.97. The molecule has 0 atom stereocenters. The zero-order chi connectivity index (χ0) is 20.8. The molecule has 156 valence electrons. The number of piperazine rings is 1. The van der Waals surface area contributed by atoms with E-state index in [-0.39, 0.29) is 5.91 Å². The molecule has 8 nitrogen and oxygen atoms in total. The molecule has 29 heavy (non-hydrogen) atoms. The Labute approximate surface area is 172 Å². The number of ether oxygens (including phenoxy) is 1. The van der Waals surface area contributed by atoms with Gasteiger partial charge >= 0.3 is 0 Å². The van der Waals surface area contributed by atoms with Crippen LogP contribution < -0.4 is 15.0 Å². The van der Waals surface area contributed by atoms with Crippen LogP contribution in [0.4, 0.5) is 5.69 Å². The minimum Gasteiger partial charge on any atom is -0.496 e. The molecular weight excluding hydrogens is 368 g/mol. The van der Waals surface area contributed by atoms with E-state index in [1.807, 2.05) is 32.0 Å². The van der Waals surface area contributed by atoms with E-state index in [9.17, 15) is 4.79 Å². The molecule has 2 heterocycles. The van der Waals surface area contributed by atoms with Crippen LogP contribution in [0, 0.1) is 6.92 Å². The molecule has 1 amide bonds. The van der Waals surface area contributed by atoms with E-state index in [1.54, 1.807) is 22.9 Å².